The molecule has 0 fully saturated rings. The zero-order chi connectivity index (χ0) is 16.8. The lowest BCUT2D eigenvalue weighted by Gasteiger charge is -2.11. The monoisotopic (exact) mass is 311 g/mol. The molecule has 0 radical (unpaired) electrons. The summed E-state index contributed by atoms with van der Waals surface area (Å²) in [4.78, 5) is 33.1. The highest BCUT2D eigenvalue weighted by Gasteiger charge is 2.09. The number of carbonyl (C=O) groups excluding carboxylic acids is 2. The molecule has 0 unspecified atom stereocenters. The van der Waals surface area contributed by atoms with Crippen molar-refractivity contribution in [1.82, 2.24) is 5.32 Å². The molecule has 0 aliphatic rings. The Morgan fingerprint density at radius 2 is 1.61 bits per heavy atom. The van der Waals surface area contributed by atoms with Crippen LogP contribution < -0.4 is 10.4 Å². The predicted octanol–water partition coefficient (Wildman–Crippen LogP) is 1.12. The van der Waals surface area contributed by atoms with Crippen LogP contribution in [-0.2, 0) is 4.79 Å². The number of rotatable bonds is 5. The van der Waals surface area contributed by atoms with Crippen molar-refractivity contribution in [2.75, 3.05) is 0 Å². The van der Waals surface area contributed by atoms with E-state index in [2.05, 4.69) is 5.32 Å². The number of aliphatic carboxylic acids is 1. The number of nitrogens with zero attached hydrogens (tertiary/aromatic N) is 1. The van der Waals surface area contributed by atoms with E-state index in [1.165, 1.54) is 42.5 Å². The summed E-state index contributed by atoms with van der Waals surface area (Å²) in [6.45, 7) is 0. The zero-order valence-corrected chi connectivity index (χ0v) is 11.8. The number of non-ortho nitro benzene ring substituents is 1. The fourth-order valence-electron chi connectivity index (χ4n) is 1.79. The Labute approximate surface area is 131 Å². The van der Waals surface area contributed by atoms with Crippen LogP contribution in [0.15, 0.2) is 60.3 Å². The molecule has 7 nitrogen and oxygen atoms in total. The van der Waals surface area contributed by atoms with Crippen LogP contribution in [0.25, 0.3) is 6.08 Å². The van der Waals surface area contributed by atoms with E-state index in [4.69, 9.17) is 0 Å². The summed E-state index contributed by atoms with van der Waals surface area (Å²) in [6, 6.07) is 13.3. The second-order valence-corrected chi connectivity index (χ2v) is 4.51. The van der Waals surface area contributed by atoms with E-state index in [9.17, 15) is 24.8 Å². The van der Waals surface area contributed by atoms with Gasteiger partial charge in [0.15, 0.2) is 0 Å². The van der Waals surface area contributed by atoms with Crippen LogP contribution >= 0.6 is 0 Å². The third kappa shape index (κ3) is 4.24. The molecule has 0 saturated carbocycles. The van der Waals surface area contributed by atoms with E-state index >= 15 is 0 Å². The van der Waals surface area contributed by atoms with Crippen molar-refractivity contribution in [2.45, 2.75) is 0 Å². The van der Waals surface area contributed by atoms with E-state index in [0.717, 1.165) is 0 Å². The highest BCUT2D eigenvalue weighted by Crippen LogP contribution is 2.14. The van der Waals surface area contributed by atoms with Gasteiger partial charge in [0.25, 0.3) is 11.6 Å². The van der Waals surface area contributed by atoms with Crippen molar-refractivity contribution >= 4 is 23.6 Å². The average molecular weight is 311 g/mol. The molecule has 2 aromatic rings. The summed E-state index contributed by atoms with van der Waals surface area (Å²) < 4.78 is 0. The van der Waals surface area contributed by atoms with E-state index in [-0.39, 0.29) is 5.69 Å². The Kier molecular flexibility index (Phi) is 4.83. The highest BCUT2D eigenvalue weighted by molar-refractivity contribution is 6.02. The van der Waals surface area contributed by atoms with Gasteiger partial charge < -0.3 is 15.2 Å². The van der Waals surface area contributed by atoms with E-state index in [1.54, 1.807) is 18.2 Å². The number of hydrogen-bond acceptors (Lipinski definition) is 5. The Hall–Kier alpha value is -3.48. The van der Waals surface area contributed by atoms with Crippen molar-refractivity contribution in [1.29, 1.82) is 0 Å². The van der Waals surface area contributed by atoms with Gasteiger partial charge in [0.2, 0.25) is 0 Å². The third-order valence-electron chi connectivity index (χ3n) is 2.92. The minimum absolute atomic E-state index is 0.120. The lowest BCUT2D eigenvalue weighted by Crippen LogP contribution is -2.35. The Morgan fingerprint density at radius 3 is 2.13 bits per heavy atom. The SMILES string of the molecule is O=C([O-])/C(=C\c1ccc([N+](=O)[O-])cc1)NC(=O)c1ccccc1. The summed E-state index contributed by atoms with van der Waals surface area (Å²) in [6.07, 6.45) is 1.17. The first-order valence-corrected chi connectivity index (χ1v) is 6.51. The van der Waals surface area contributed by atoms with Crippen LogP contribution in [-0.4, -0.2) is 16.8 Å². The van der Waals surface area contributed by atoms with Crippen molar-refractivity contribution in [3.05, 3.63) is 81.5 Å². The maximum Gasteiger partial charge on any atom is 0.269 e. The molecular weight excluding hydrogens is 300 g/mol. The molecule has 0 aliphatic heterocycles. The van der Waals surface area contributed by atoms with Gasteiger partial charge in [-0.1, -0.05) is 18.2 Å². The second kappa shape index (κ2) is 6.99. The molecule has 116 valence electrons. The highest BCUT2D eigenvalue weighted by atomic mass is 16.6. The van der Waals surface area contributed by atoms with E-state index in [0.29, 0.717) is 11.1 Å². The minimum atomic E-state index is -1.56. The number of carboxylic acids is 1. The normalized spacial score (nSPS) is 10.9. The lowest BCUT2D eigenvalue weighted by molar-refractivity contribution is -0.384. The molecule has 0 spiro atoms. The molecule has 0 bridgehead atoms. The maximum atomic E-state index is 12.0. The van der Waals surface area contributed by atoms with Crippen LogP contribution in [0.1, 0.15) is 15.9 Å². The number of carboxylic acid groups (broad SMARTS) is 1. The smallest absolute Gasteiger partial charge is 0.269 e. The van der Waals surface area contributed by atoms with Crippen LogP contribution in [0.3, 0.4) is 0 Å². The number of hydrogen-bond donors (Lipinski definition) is 1. The van der Waals surface area contributed by atoms with E-state index in [1.807, 2.05) is 0 Å². The van der Waals surface area contributed by atoms with Gasteiger partial charge in [0, 0.05) is 17.7 Å². The first kappa shape index (κ1) is 15.9. The van der Waals surface area contributed by atoms with Crippen molar-refractivity contribution in [3.63, 3.8) is 0 Å². The fraction of sp³-hybridized carbons (Fsp3) is 0. The van der Waals surface area contributed by atoms with Gasteiger partial charge in [-0.05, 0) is 35.9 Å². The molecule has 0 aliphatic carbocycles. The first-order chi connectivity index (χ1) is 11.0. The molecule has 7 heteroatoms. The number of nitro benzene ring substituents is 1. The lowest BCUT2D eigenvalue weighted by atomic mass is 10.1. The largest absolute Gasteiger partial charge is 0.543 e. The summed E-state index contributed by atoms with van der Waals surface area (Å²) in [7, 11) is 0. The van der Waals surface area contributed by atoms with Crippen LogP contribution in [0.2, 0.25) is 0 Å². The Bertz CT molecular complexity index is 767. The van der Waals surface area contributed by atoms with Gasteiger partial charge in [-0.15, -0.1) is 0 Å². The summed E-state index contributed by atoms with van der Waals surface area (Å²) in [5, 5.41) is 24.0. The standard InChI is InChI=1S/C16H12N2O5/c19-15(12-4-2-1-3-5-12)17-14(16(20)21)10-11-6-8-13(9-7-11)18(22)23/h1-10H,(H,17,19)(H,20,21)/p-1/b14-10+. The topological polar surface area (TPSA) is 112 Å². The quantitative estimate of drug-likeness (QED) is 0.505. The molecule has 1 N–H and O–H groups in total. The molecular formula is C16H11N2O5-. The zero-order valence-electron chi connectivity index (χ0n) is 11.8. The van der Waals surface area contributed by atoms with Crippen LogP contribution in [0.5, 0.6) is 0 Å². The average Bonchev–Trinajstić information content (AvgIpc) is 2.55. The molecule has 0 atom stereocenters. The Morgan fingerprint density at radius 1 is 1.00 bits per heavy atom. The van der Waals surface area contributed by atoms with Crippen molar-refractivity contribution in [3.8, 4) is 0 Å². The molecule has 2 rings (SSSR count). The van der Waals surface area contributed by atoms with Gasteiger partial charge in [-0.3, -0.25) is 14.9 Å². The number of amides is 1. The van der Waals surface area contributed by atoms with Gasteiger partial charge in [-0.25, -0.2) is 0 Å². The molecule has 0 aromatic heterocycles. The van der Waals surface area contributed by atoms with Crippen LogP contribution in [0, 0.1) is 10.1 Å². The fourth-order valence-corrected chi connectivity index (χ4v) is 1.79. The van der Waals surface area contributed by atoms with Crippen LogP contribution in [0.4, 0.5) is 5.69 Å². The minimum Gasteiger partial charge on any atom is -0.543 e. The molecule has 0 saturated heterocycles. The van der Waals surface area contributed by atoms with Gasteiger partial charge in [-0.2, -0.15) is 0 Å². The maximum absolute atomic E-state index is 12.0. The van der Waals surface area contributed by atoms with Gasteiger partial charge in [0.05, 0.1) is 16.6 Å². The molecule has 0 heterocycles. The summed E-state index contributed by atoms with van der Waals surface area (Å²) in [5.74, 6) is -2.16. The van der Waals surface area contributed by atoms with Crippen molar-refractivity contribution < 1.29 is 19.6 Å². The van der Waals surface area contributed by atoms with Gasteiger partial charge in [0.1, 0.15) is 0 Å². The second-order valence-electron chi connectivity index (χ2n) is 4.51. The first-order valence-electron chi connectivity index (χ1n) is 6.51. The summed E-state index contributed by atoms with van der Waals surface area (Å²) in [5.41, 5.74) is 0.115. The number of carbonyl (C=O) groups is 2. The van der Waals surface area contributed by atoms with Gasteiger partial charge >= 0.3 is 0 Å². The van der Waals surface area contributed by atoms with Crippen molar-refractivity contribution in [2.24, 2.45) is 0 Å². The predicted molar refractivity (Wildman–Crippen MR) is 80.0 cm³/mol. The Balaban J connectivity index is 2.22. The number of nitro groups is 1. The summed E-state index contributed by atoms with van der Waals surface area (Å²) >= 11 is 0. The number of nitrogens with one attached hydrogen (secondary N) is 1. The third-order valence-corrected chi connectivity index (χ3v) is 2.92. The van der Waals surface area contributed by atoms with E-state index < -0.39 is 22.5 Å². The number of benzene rings is 2. The molecule has 2 aromatic carbocycles. The molecule has 1 amide bonds. The molecule has 23 heavy (non-hydrogen) atoms.